The Bertz CT molecular complexity index is 317. The fraction of sp³-hybridized carbons (Fsp3) is 0.500. The minimum Gasteiger partial charge on any atom is -0.395 e. The number of hydrogen-bond acceptors (Lipinski definition) is 3. The minimum atomic E-state index is 0.0723. The molecule has 0 spiro atoms. The number of aliphatic hydroxyl groups is 1. The molecule has 3 nitrogen and oxygen atoms in total. The van der Waals surface area contributed by atoms with Crippen LogP contribution in [0.25, 0.3) is 0 Å². The summed E-state index contributed by atoms with van der Waals surface area (Å²) in [5.41, 5.74) is 2.54. The lowest BCUT2D eigenvalue weighted by Gasteiger charge is -2.12. The van der Waals surface area contributed by atoms with Crippen LogP contribution in [0.5, 0.6) is 0 Å². The highest BCUT2D eigenvalue weighted by atomic mass is 16.6. The van der Waals surface area contributed by atoms with Gasteiger partial charge < -0.3 is 9.94 Å². The van der Waals surface area contributed by atoms with Crippen molar-refractivity contribution in [2.45, 2.75) is 24.7 Å². The summed E-state index contributed by atoms with van der Waals surface area (Å²) in [4.78, 5) is 4.54. The van der Waals surface area contributed by atoms with Gasteiger partial charge in [-0.25, -0.2) is 5.90 Å². The second-order valence-corrected chi connectivity index (χ2v) is 4.26. The molecule has 0 aliphatic heterocycles. The Hall–Kier alpha value is -0.900. The predicted octanol–water partition coefficient (Wildman–Crippen LogP) is 1.14. The normalized spacial score (nSPS) is 17.7. The molecule has 1 saturated carbocycles. The molecule has 0 bridgehead atoms. The Labute approximate surface area is 89.8 Å². The maximum Gasteiger partial charge on any atom is 0.0719 e. The number of rotatable bonds is 5. The van der Waals surface area contributed by atoms with E-state index in [0.717, 1.165) is 19.3 Å². The zero-order valence-corrected chi connectivity index (χ0v) is 8.78. The third-order valence-electron chi connectivity index (χ3n) is 3.23. The van der Waals surface area contributed by atoms with Gasteiger partial charge in [0.05, 0.1) is 13.2 Å². The third kappa shape index (κ3) is 2.20. The second kappa shape index (κ2) is 4.31. The monoisotopic (exact) mass is 207 g/mol. The van der Waals surface area contributed by atoms with Crippen LogP contribution >= 0.6 is 0 Å². The highest BCUT2D eigenvalue weighted by Crippen LogP contribution is 2.47. The standard InChI is InChI=1S/C12H17NO2/c13-15-8-5-10-1-3-11(4-2-10)12(9-14)6-7-12/h1-4,14H,5-9,13H2. The zero-order chi connectivity index (χ0) is 10.7. The molecule has 2 rings (SSSR count). The molecular formula is C12H17NO2. The van der Waals surface area contributed by atoms with Crippen molar-refractivity contribution in [3.8, 4) is 0 Å². The zero-order valence-electron chi connectivity index (χ0n) is 8.78. The van der Waals surface area contributed by atoms with Crippen LogP contribution in [-0.2, 0) is 16.7 Å². The van der Waals surface area contributed by atoms with Crippen LogP contribution < -0.4 is 5.90 Å². The van der Waals surface area contributed by atoms with E-state index in [4.69, 9.17) is 5.90 Å². The number of benzene rings is 1. The summed E-state index contributed by atoms with van der Waals surface area (Å²) in [6.07, 6.45) is 3.05. The van der Waals surface area contributed by atoms with Crippen molar-refractivity contribution in [3.63, 3.8) is 0 Å². The van der Waals surface area contributed by atoms with Crippen molar-refractivity contribution < 1.29 is 9.94 Å². The molecule has 1 aliphatic rings. The van der Waals surface area contributed by atoms with E-state index < -0.39 is 0 Å². The van der Waals surface area contributed by atoms with Gasteiger partial charge in [0.2, 0.25) is 0 Å². The van der Waals surface area contributed by atoms with Crippen molar-refractivity contribution in [1.82, 2.24) is 0 Å². The van der Waals surface area contributed by atoms with Crippen LogP contribution in [-0.4, -0.2) is 18.3 Å². The molecule has 0 heterocycles. The lowest BCUT2D eigenvalue weighted by atomic mass is 9.95. The van der Waals surface area contributed by atoms with Crippen LogP contribution in [0.2, 0.25) is 0 Å². The molecule has 0 unspecified atom stereocenters. The van der Waals surface area contributed by atoms with Gasteiger partial charge in [0.15, 0.2) is 0 Å². The van der Waals surface area contributed by atoms with E-state index in [2.05, 4.69) is 29.1 Å². The van der Waals surface area contributed by atoms with E-state index in [9.17, 15) is 5.11 Å². The Kier molecular flexibility index (Phi) is 3.05. The molecule has 1 aliphatic carbocycles. The molecule has 1 aromatic rings. The van der Waals surface area contributed by atoms with E-state index >= 15 is 0 Å². The van der Waals surface area contributed by atoms with Crippen LogP contribution in [0.1, 0.15) is 24.0 Å². The minimum absolute atomic E-state index is 0.0723. The molecule has 0 radical (unpaired) electrons. The molecule has 82 valence electrons. The highest BCUT2D eigenvalue weighted by molar-refractivity contribution is 5.33. The van der Waals surface area contributed by atoms with Gasteiger partial charge in [-0.15, -0.1) is 0 Å². The lowest BCUT2D eigenvalue weighted by Crippen LogP contribution is -2.11. The summed E-state index contributed by atoms with van der Waals surface area (Å²) in [5.74, 6) is 4.97. The SMILES string of the molecule is NOCCc1ccc(C2(CO)CC2)cc1. The quantitative estimate of drug-likeness (QED) is 0.712. The summed E-state index contributed by atoms with van der Waals surface area (Å²) < 4.78 is 0. The fourth-order valence-electron chi connectivity index (χ4n) is 1.89. The number of aliphatic hydroxyl groups excluding tert-OH is 1. The molecule has 0 saturated heterocycles. The van der Waals surface area contributed by atoms with Crippen LogP contribution in [0.4, 0.5) is 0 Å². The smallest absolute Gasteiger partial charge is 0.0719 e. The average Bonchev–Trinajstić information content (AvgIpc) is 3.08. The summed E-state index contributed by atoms with van der Waals surface area (Å²) in [5, 5.41) is 9.28. The largest absolute Gasteiger partial charge is 0.395 e. The Balaban J connectivity index is 2.04. The summed E-state index contributed by atoms with van der Waals surface area (Å²) in [7, 11) is 0. The predicted molar refractivity (Wildman–Crippen MR) is 58.3 cm³/mol. The van der Waals surface area contributed by atoms with E-state index in [0.29, 0.717) is 6.61 Å². The first-order valence-corrected chi connectivity index (χ1v) is 5.33. The van der Waals surface area contributed by atoms with Crippen LogP contribution in [0.15, 0.2) is 24.3 Å². The molecule has 0 atom stereocenters. The fourth-order valence-corrected chi connectivity index (χ4v) is 1.89. The number of hydrogen-bond donors (Lipinski definition) is 2. The maximum absolute atomic E-state index is 9.28. The summed E-state index contributed by atoms with van der Waals surface area (Å²) in [6, 6.07) is 8.39. The first-order chi connectivity index (χ1) is 7.30. The van der Waals surface area contributed by atoms with E-state index in [-0.39, 0.29) is 12.0 Å². The van der Waals surface area contributed by atoms with Gasteiger partial charge in [-0.05, 0) is 30.4 Å². The van der Waals surface area contributed by atoms with Crippen LogP contribution in [0.3, 0.4) is 0 Å². The van der Waals surface area contributed by atoms with Crippen LogP contribution in [0, 0.1) is 0 Å². The van der Waals surface area contributed by atoms with Crippen molar-refractivity contribution in [2.24, 2.45) is 5.90 Å². The Morgan fingerprint density at radius 2 is 1.93 bits per heavy atom. The van der Waals surface area contributed by atoms with Crippen molar-refractivity contribution in [2.75, 3.05) is 13.2 Å². The van der Waals surface area contributed by atoms with Crippen molar-refractivity contribution >= 4 is 0 Å². The molecule has 1 aromatic carbocycles. The van der Waals surface area contributed by atoms with Gasteiger partial charge in [0, 0.05) is 5.41 Å². The van der Waals surface area contributed by atoms with Gasteiger partial charge >= 0.3 is 0 Å². The topological polar surface area (TPSA) is 55.5 Å². The Morgan fingerprint density at radius 3 is 2.40 bits per heavy atom. The van der Waals surface area contributed by atoms with Gasteiger partial charge in [0.1, 0.15) is 0 Å². The number of nitrogens with two attached hydrogens (primary N) is 1. The van der Waals surface area contributed by atoms with E-state index in [1.54, 1.807) is 0 Å². The Morgan fingerprint density at radius 1 is 1.27 bits per heavy atom. The van der Waals surface area contributed by atoms with Gasteiger partial charge in [-0.2, -0.15) is 0 Å². The molecule has 0 aromatic heterocycles. The summed E-state index contributed by atoms with van der Waals surface area (Å²) >= 11 is 0. The first-order valence-electron chi connectivity index (χ1n) is 5.33. The second-order valence-electron chi connectivity index (χ2n) is 4.26. The van der Waals surface area contributed by atoms with E-state index in [1.807, 2.05) is 0 Å². The van der Waals surface area contributed by atoms with E-state index in [1.165, 1.54) is 11.1 Å². The first kappa shape index (κ1) is 10.6. The molecule has 1 fully saturated rings. The van der Waals surface area contributed by atoms with Gasteiger partial charge in [-0.3, -0.25) is 0 Å². The average molecular weight is 207 g/mol. The summed E-state index contributed by atoms with van der Waals surface area (Å²) in [6.45, 7) is 0.808. The molecule has 15 heavy (non-hydrogen) atoms. The van der Waals surface area contributed by atoms with Crippen molar-refractivity contribution in [3.05, 3.63) is 35.4 Å². The lowest BCUT2D eigenvalue weighted by molar-refractivity contribution is 0.141. The van der Waals surface area contributed by atoms with Gasteiger partial charge in [-0.1, -0.05) is 24.3 Å². The van der Waals surface area contributed by atoms with Crippen molar-refractivity contribution in [1.29, 1.82) is 0 Å². The molecule has 3 heteroatoms. The van der Waals surface area contributed by atoms with Gasteiger partial charge in [0.25, 0.3) is 0 Å². The maximum atomic E-state index is 9.28. The molecular weight excluding hydrogens is 190 g/mol. The molecule has 0 amide bonds. The third-order valence-corrected chi connectivity index (χ3v) is 3.23. The highest BCUT2D eigenvalue weighted by Gasteiger charge is 2.43. The molecule has 3 N–H and O–H groups in total.